The van der Waals surface area contributed by atoms with Crippen molar-refractivity contribution in [2.75, 3.05) is 11.9 Å². The Hall–Kier alpha value is -1.94. The Kier molecular flexibility index (Phi) is 5.50. The van der Waals surface area contributed by atoms with Gasteiger partial charge in [-0.1, -0.05) is 24.3 Å². The molecular formula is C16H19N3S. The van der Waals surface area contributed by atoms with Gasteiger partial charge in [-0.25, -0.2) is 0 Å². The van der Waals surface area contributed by atoms with E-state index in [9.17, 15) is 0 Å². The Morgan fingerprint density at radius 3 is 2.65 bits per heavy atom. The summed E-state index contributed by atoms with van der Waals surface area (Å²) in [5, 5.41) is 7.02. The molecule has 0 amide bonds. The molecule has 104 valence electrons. The van der Waals surface area contributed by atoms with Gasteiger partial charge in [-0.2, -0.15) is 0 Å². The average Bonchev–Trinajstić information content (AvgIpc) is 2.48. The summed E-state index contributed by atoms with van der Waals surface area (Å²) in [6.07, 6.45) is 3.70. The van der Waals surface area contributed by atoms with Crippen LogP contribution in [0.3, 0.4) is 0 Å². The highest BCUT2D eigenvalue weighted by Gasteiger charge is 2.04. The Morgan fingerprint density at radius 2 is 1.90 bits per heavy atom. The van der Waals surface area contributed by atoms with Crippen molar-refractivity contribution in [3.8, 4) is 0 Å². The molecule has 2 aromatic rings. The van der Waals surface area contributed by atoms with Crippen molar-refractivity contribution < 1.29 is 0 Å². The Balaban J connectivity index is 2.02. The van der Waals surface area contributed by atoms with Gasteiger partial charge in [0.15, 0.2) is 5.11 Å². The third kappa shape index (κ3) is 4.31. The molecule has 0 spiro atoms. The molecule has 0 aliphatic carbocycles. The lowest BCUT2D eigenvalue weighted by Crippen LogP contribution is -2.28. The van der Waals surface area contributed by atoms with Crippen LogP contribution in [0.15, 0.2) is 48.7 Å². The molecule has 1 aromatic carbocycles. The van der Waals surface area contributed by atoms with Gasteiger partial charge >= 0.3 is 0 Å². The van der Waals surface area contributed by atoms with Crippen LogP contribution >= 0.6 is 12.2 Å². The molecule has 1 aromatic heterocycles. The number of hydrogen-bond acceptors (Lipinski definition) is 2. The number of rotatable bonds is 5. The molecule has 0 fully saturated rings. The largest absolute Gasteiger partial charge is 0.363 e. The van der Waals surface area contributed by atoms with Crippen molar-refractivity contribution in [3.63, 3.8) is 0 Å². The standard InChI is InChI=1S/C16H19N3S/c1-2-17-16(20)19-15-9-4-3-7-13(15)10-11-14-8-5-6-12-18-14/h3-9,12H,2,10-11H2,1H3,(H2,17,19,20). The van der Waals surface area contributed by atoms with Gasteiger partial charge in [-0.15, -0.1) is 0 Å². The first-order chi connectivity index (χ1) is 9.79. The molecule has 0 saturated carbocycles. The molecule has 0 aliphatic rings. The number of aryl methyl sites for hydroxylation is 2. The quantitative estimate of drug-likeness (QED) is 0.827. The van der Waals surface area contributed by atoms with E-state index >= 15 is 0 Å². The minimum atomic E-state index is 0.665. The van der Waals surface area contributed by atoms with Crippen LogP contribution in [0.4, 0.5) is 5.69 Å². The van der Waals surface area contributed by atoms with Crippen molar-refractivity contribution in [3.05, 3.63) is 59.9 Å². The highest BCUT2D eigenvalue weighted by atomic mass is 32.1. The summed E-state index contributed by atoms with van der Waals surface area (Å²) in [4.78, 5) is 4.36. The van der Waals surface area contributed by atoms with Gasteiger partial charge in [0.2, 0.25) is 0 Å². The number of para-hydroxylation sites is 1. The normalized spacial score (nSPS) is 10.1. The fourth-order valence-corrected chi connectivity index (χ4v) is 2.25. The molecule has 2 N–H and O–H groups in total. The molecule has 20 heavy (non-hydrogen) atoms. The first-order valence-corrected chi connectivity index (χ1v) is 7.23. The van der Waals surface area contributed by atoms with E-state index in [0.29, 0.717) is 5.11 Å². The minimum absolute atomic E-state index is 0.665. The summed E-state index contributed by atoms with van der Waals surface area (Å²) in [6, 6.07) is 14.3. The minimum Gasteiger partial charge on any atom is -0.363 e. The number of nitrogens with one attached hydrogen (secondary N) is 2. The topological polar surface area (TPSA) is 37.0 Å². The van der Waals surface area contributed by atoms with E-state index in [0.717, 1.165) is 30.8 Å². The maximum atomic E-state index is 5.24. The number of aromatic nitrogens is 1. The first kappa shape index (κ1) is 14.5. The van der Waals surface area contributed by atoms with E-state index in [2.05, 4.69) is 39.9 Å². The van der Waals surface area contributed by atoms with E-state index < -0.39 is 0 Å². The van der Waals surface area contributed by atoms with Crippen LogP contribution in [0.5, 0.6) is 0 Å². The van der Waals surface area contributed by atoms with Gasteiger partial charge in [0.25, 0.3) is 0 Å². The summed E-state index contributed by atoms with van der Waals surface area (Å²) in [5.41, 5.74) is 3.42. The maximum Gasteiger partial charge on any atom is 0.170 e. The lowest BCUT2D eigenvalue weighted by Gasteiger charge is -2.13. The van der Waals surface area contributed by atoms with Crippen molar-refractivity contribution >= 4 is 23.0 Å². The summed E-state index contributed by atoms with van der Waals surface area (Å²) >= 11 is 5.24. The smallest absolute Gasteiger partial charge is 0.170 e. The monoisotopic (exact) mass is 285 g/mol. The second kappa shape index (κ2) is 7.60. The fourth-order valence-electron chi connectivity index (χ4n) is 2.00. The highest BCUT2D eigenvalue weighted by molar-refractivity contribution is 7.80. The number of pyridine rings is 1. The van der Waals surface area contributed by atoms with Crippen molar-refractivity contribution in [2.24, 2.45) is 0 Å². The van der Waals surface area contributed by atoms with E-state index in [4.69, 9.17) is 12.2 Å². The molecule has 0 bridgehead atoms. The number of benzene rings is 1. The molecule has 0 atom stereocenters. The SMILES string of the molecule is CCNC(=S)Nc1ccccc1CCc1ccccn1. The second-order valence-corrected chi connectivity index (χ2v) is 4.87. The predicted molar refractivity (Wildman–Crippen MR) is 88.0 cm³/mol. The summed E-state index contributed by atoms with van der Waals surface area (Å²) < 4.78 is 0. The van der Waals surface area contributed by atoms with E-state index in [-0.39, 0.29) is 0 Å². The van der Waals surface area contributed by atoms with Gasteiger partial charge in [0, 0.05) is 24.1 Å². The van der Waals surface area contributed by atoms with Crippen molar-refractivity contribution in [2.45, 2.75) is 19.8 Å². The van der Waals surface area contributed by atoms with Crippen molar-refractivity contribution in [1.29, 1.82) is 0 Å². The first-order valence-electron chi connectivity index (χ1n) is 6.82. The molecule has 0 aliphatic heterocycles. The van der Waals surface area contributed by atoms with E-state index in [1.54, 1.807) is 0 Å². The number of anilines is 1. The van der Waals surface area contributed by atoms with Crippen LogP contribution in [0.2, 0.25) is 0 Å². The van der Waals surface area contributed by atoms with E-state index in [1.165, 1.54) is 5.56 Å². The van der Waals surface area contributed by atoms with Crippen LogP contribution in [0.1, 0.15) is 18.2 Å². The number of thiocarbonyl (C=S) groups is 1. The zero-order chi connectivity index (χ0) is 14.2. The third-order valence-corrected chi connectivity index (χ3v) is 3.23. The zero-order valence-corrected chi connectivity index (χ0v) is 12.4. The van der Waals surface area contributed by atoms with Gasteiger partial charge in [0.1, 0.15) is 0 Å². The molecule has 4 heteroatoms. The van der Waals surface area contributed by atoms with Crippen LogP contribution in [0.25, 0.3) is 0 Å². The van der Waals surface area contributed by atoms with Crippen LogP contribution < -0.4 is 10.6 Å². The molecule has 0 unspecified atom stereocenters. The third-order valence-electron chi connectivity index (χ3n) is 2.98. The Labute approximate surface area is 125 Å². The summed E-state index contributed by atoms with van der Waals surface area (Å²) in [7, 11) is 0. The van der Waals surface area contributed by atoms with Gasteiger partial charge < -0.3 is 10.6 Å². The Bertz CT molecular complexity index is 555. The number of nitrogens with zero attached hydrogens (tertiary/aromatic N) is 1. The summed E-state index contributed by atoms with van der Waals surface area (Å²) in [6.45, 7) is 2.85. The van der Waals surface area contributed by atoms with Crippen LogP contribution in [-0.4, -0.2) is 16.6 Å². The number of hydrogen-bond donors (Lipinski definition) is 2. The van der Waals surface area contributed by atoms with Gasteiger partial charge in [0.05, 0.1) is 0 Å². The van der Waals surface area contributed by atoms with Gasteiger partial charge in [-0.3, -0.25) is 4.98 Å². The highest BCUT2D eigenvalue weighted by Crippen LogP contribution is 2.17. The molecule has 1 heterocycles. The maximum absolute atomic E-state index is 5.24. The second-order valence-electron chi connectivity index (χ2n) is 4.46. The molecule has 0 radical (unpaired) electrons. The predicted octanol–water partition coefficient (Wildman–Crippen LogP) is 3.17. The molecule has 3 nitrogen and oxygen atoms in total. The van der Waals surface area contributed by atoms with Gasteiger partial charge in [-0.05, 0) is 55.7 Å². The molecule has 2 rings (SSSR count). The zero-order valence-electron chi connectivity index (χ0n) is 11.6. The lowest BCUT2D eigenvalue weighted by molar-refractivity contribution is 0.914. The van der Waals surface area contributed by atoms with Crippen molar-refractivity contribution in [1.82, 2.24) is 10.3 Å². The van der Waals surface area contributed by atoms with Crippen LogP contribution in [0, 0.1) is 0 Å². The Morgan fingerprint density at radius 1 is 1.10 bits per heavy atom. The fraction of sp³-hybridized carbons (Fsp3) is 0.250. The molecular weight excluding hydrogens is 266 g/mol. The van der Waals surface area contributed by atoms with Crippen LogP contribution in [-0.2, 0) is 12.8 Å². The lowest BCUT2D eigenvalue weighted by atomic mass is 10.1. The average molecular weight is 285 g/mol. The molecule has 0 saturated heterocycles. The summed E-state index contributed by atoms with van der Waals surface area (Å²) in [5.74, 6) is 0. The van der Waals surface area contributed by atoms with E-state index in [1.807, 2.05) is 31.3 Å².